The number of nitrogens with one attached hydrogen (secondary N) is 2. The van der Waals surface area contributed by atoms with Crippen molar-refractivity contribution in [2.75, 3.05) is 30.0 Å². The fourth-order valence-electron chi connectivity index (χ4n) is 3.37. The summed E-state index contributed by atoms with van der Waals surface area (Å²) in [7, 11) is 1.58. The van der Waals surface area contributed by atoms with Gasteiger partial charge in [-0.3, -0.25) is 4.79 Å². The molecule has 0 aliphatic heterocycles. The second-order valence-electron chi connectivity index (χ2n) is 7.31. The number of carbonyl (C=O) groups is 1. The number of hydrogen-bond acceptors (Lipinski definition) is 8. The number of benzene rings is 2. The molecule has 0 unspecified atom stereocenters. The van der Waals surface area contributed by atoms with Crippen molar-refractivity contribution in [1.82, 2.24) is 19.9 Å². The molecule has 4 N–H and O–H groups in total. The molecule has 0 fully saturated rings. The van der Waals surface area contributed by atoms with Crippen molar-refractivity contribution >= 4 is 23.2 Å². The summed E-state index contributed by atoms with van der Waals surface area (Å²) in [6.07, 6.45) is 0. The standard InChI is InChI=1S/C23H25N7O3/c1-4-25-22-19(23-27-21(29-33-23)17-8-6-5-7-14(17)2)20(24)30(28-22)13-18(31)26-15-9-11-16(32-3)12-10-15/h5-12H,4,13,24H2,1-3H3,(H,25,28)(H,26,31). The summed E-state index contributed by atoms with van der Waals surface area (Å²) in [6.45, 7) is 4.42. The zero-order chi connectivity index (χ0) is 23.4. The van der Waals surface area contributed by atoms with Gasteiger partial charge in [-0.25, -0.2) is 4.68 Å². The van der Waals surface area contributed by atoms with Gasteiger partial charge in [-0.2, -0.15) is 10.1 Å². The van der Waals surface area contributed by atoms with Crippen molar-refractivity contribution < 1.29 is 14.1 Å². The number of nitrogens with two attached hydrogens (primary N) is 1. The first-order chi connectivity index (χ1) is 16.0. The largest absolute Gasteiger partial charge is 0.497 e. The van der Waals surface area contributed by atoms with Gasteiger partial charge in [0.1, 0.15) is 23.7 Å². The van der Waals surface area contributed by atoms with E-state index >= 15 is 0 Å². The predicted molar refractivity (Wildman–Crippen MR) is 126 cm³/mol. The monoisotopic (exact) mass is 447 g/mol. The van der Waals surface area contributed by atoms with Gasteiger partial charge in [0.15, 0.2) is 5.82 Å². The highest BCUT2D eigenvalue weighted by Gasteiger charge is 2.24. The van der Waals surface area contributed by atoms with Crippen LogP contribution in [0.1, 0.15) is 12.5 Å². The summed E-state index contributed by atoms with van der Waals surface area (Å²) in [5, 5.41) is 14.5. The number of nitrogen functional groups attached to an aromatic ring is 1. The second kappa shape index (κ2) is 9.43. The fourth-order valence-corrected chi connectivity index (χ4v) is 3.37. The van der Waals surface area contributed by atoms with E-state index < -0.39 is 0 Å². The molecule has 33 heavy (non-hydrogen) atoms. The fraction of sp³-hybridized carbons (Fsp3) is 0.217. The minimum absolute atomic E-state index is 0.0882. The van der Waals surface area contributed by atoms with Crippen LogP contribution in [0.3, 0.4) is 0 Å². The third kappa shape index (κ3) is 4.64. The lowest BCUT2D eigenvalue weighted by atomic mass is 10.1. The SMILES string of the molecule is CCNc1nn(CC(=O)Nc2ccc(OC)cc2)c(N)c1-c1nc(-c2ccccc2C)no1. The first kappa shape index (κ1) is 21.9. The predicted octanol–water partition coefficient (Wildman–Crippen LogP) is 3.57. The summed E-state index contributed by atoms with van der Waals surface area (Å²) in [5.74, 6) is 1.81. The Labute approximate surface area is 190 Å². The highest BCUT2D eigenvalue weighted by atomic mass is 16.5. The maximum absolute atomic E-state index is 12.6. The Bertz CT molecular complexity index is 1260. The van der Waals surface area contributed by atoms with Gasteiger partial charge in [-0.15, -0.1) is 0 Å². The van der Waals surface area contributed by atoms with E-state index in [1.54, 1.807) is 31.4 Å². The number of rotatable bonds is 8. The Kier molecular flexibility index (Phi) is 6.25. The second-order valence-corrected chi connectivity index (χ2v) is 7.31. The summed E-state index contributed by atoms with van der Waals surface area (Å²) < 4.78 is 12.1. The number of amides is 1. The molecule has 0 spiro atoms. The molecule has 0 aliphatic rings. The van der Waals surface area contributed by atoms with Crippen molar-refractivity contribution in [2.45, 2.75) is 20.4 Å². The zero-order valence-corrected chi connectivity index (χ0v) is 18.6. The topological polar surface area (TPSA) is 133 Å². The van der Waals surface area contributed by atoms with Crippen molar-refractivity contribution in [2.24, 2.45) is 0 Å². The first-order valence-electron chi connectivity index (χ1n) is 10.4. The lowest BCUT2D eigenvalue weighted by molar-refractivity contribution is -0.116. The molecule has 0 saturated carbocycles. The Morgan fingerprint density at radius 3 is 2.64 bits per heavy atom. The van der Waals surface area contributed by atoms with E-state index in [2.05, 4.69) is 25.9 Å². The maximum atomic E-state index is 12.6. The minimum Gasteiger partial charge on any atom is -0.497 e. The average Bonchev–Trinajstić information content (AvgIpc) is 3.39. The van der Waals surface area contributed by atoms with Crippen LogP contribution in [0.15, 0.2) is 53.1 Å². The number of hydrogen-bond donors (Lipinski definition) is 3. The molecule has 4 aromatic rings. The van der Waals surface area contributed by atoms with Gasteiger partial charge in [0.25, 0.3) is 5.89 Å². The highest BCUT2D eigenvalue weighted by molar-refractivity contribution is 5.91. The van der Waals surface area contributed by atoms with Crippen molar-refractivity contribution in [3.8, 4) is 28.6 Å². The number of aromatic nitrogens is 4. The first-order valence-corrected chi connectivity index (χ1v) is 10.4. The Morgan fingerprint density at radius 2 is 1.94 bits per heavy atom. The molecule has 2 aromatic carbocycles. The van der Waals surface area contributed by atoms with Gasteiger partial charge in [0.2, 0.25) is 11.7 Å². The van der Waals surface area contributed by atoms with Crippen LogP contribution in [0.4, 0.5) is 17.3 Å². The van der Waals surface area contributed by atoms with Crippen LogP contribution in [-0.4, -0.2) is 39.5 Å². The van der Waals surface area contributed by atoms with Crippen LogP contribution in [-0.2, 0) is 11.3 Å². The molecule has 170 valence electrons. The molecule has 0 saturated heterocycles. The van der Waals surface area contributed by atoms with Crippen molar-refractivity contribution in [3.05, 3.63) is 54.1 Å². The van der Waals surface area contributed by atoms with Crippen molar-refractivity contribution in [1.29, 1.82) is 0 Å². The van der Waals surface area contributed by atoms with Gasteiger partial charge in [0.05, 0.1) is 7.11 Å². The van der Waals surface area contributed by atoms with E-state index in [0.29, 0.717) is 35.2 Å². The molecule has 4 rings (SSSR count). The average molecular weight is 447 g/mol. The van der Waals surface area contributed by atoms with Crippen LogP contribution in [0.25, 0.3) is 22.8 Å². The maximum Gasteiger partial charge on any atom is 0.265 e. The summed E-state index contributed by atoms with van der Waals surface area (Å²) in [6, 6.07) is 14.8. The quantitative estimate of drug-likeness (QED) is 0.373. The lowest BCUT2D eigenvalue weighted by Gasteiger charge is -2.07. The van der Waals surface area contributed by atoms with Crippen molar-refractivity contribution in [3.63, 3.8) is 0 Å². The van der Waals surface area contributed by atoms with Gasteiger partial charge < -0.3 is 25.6 Å². The third-order valence-corrected chi connectivity index (χ3v) is 5.03. The van der Waals surface area contributed by atoms with Gasteiger partial charge in [-0.05, 0) is 43.7 Å². The molecule has 1 amide bonds. The molecule has 0 atom stereocenters. The molecule has 10 nitrogen and oxygen atoms in total. The van der Waals surface area contributed by atoms with Gasteiger partial charge in [0, 0.05) is 17.8 Å². The Balaban J connectivity index is 1.59. The molecule has 10 heteroatoms. The van der Waals surface area contributed by atoms with Crippen LogP contribution >= 0.6 is 0 Å². The third-order valence-electron chi connectivity index (χ3n) is 5.03. The number of ether oxygens (including phenoxy) is 1. The molecular formula is C23H25N7O3. The summed E-state index contributed by atoms with van der Waals surface area (Å²) >= 11 is 0. The van der Waals surface area contributed by atoms with E-state index in [1.807, 2.05) is 38.1 Å². The van der Waals surface area contributed by atoms with Crippen LogP contribution in [0.2, 0.25) is 0 Å². The van der Waals surface area contributed by atoms with Crippen LogP contribution in [0.5, 0.6) is 5.75 Å². The van der Waals surface area contributed by atoms with E-state index in [-0.39, 0.29) is 24.2 Å². The number of carbonyl (C=O) groups excluding carboxylic acids is 1. The van der Waals surface area contributed by atoms with E-state index in [4.69, 9.17) is 15.0 Å². The summed E-state index contributed by atoms with van der Waals surface area (Å²) in [4.78, 5) is 17.1. The molecule has 2 heterocycles. The summed E-state index contributed by atoms with van der Waals surface area (Å²) in [5.41, 5.74) is 9.34. The smallest absolute Gasteiger partial charge is 0.265 e. The van der Waals surface area contributed by atoms with Crippen LogP contribution < -0.4 is 21.1 Å². The molecule has 2 aromatic heterocycles. The normalized spacial score (nSPS) is 10.8. The van der Waals surface area contributed by atoms with E-state index in [9.17, 15) is 4.79 Å². The molecule has 0 bridgehead atoms. The van der Waals surface area contributed by atoms with E-state index in [0.717, 1.165) is 11.1 Å². The zero-order valence-electron chi connectivity index (χ0n) is 18.6. The minimum atomic E-state index is -0.282. The number of anilines is 3. The Morgan fingerprint density at radius 1 is 1.18 bits per heavy atom. The number of aryl methyl sites for hydroxylation is 1. The molecule has 0 radical (unpaired) electrons. The lowest BCUT2D eigenvalue weighted by Crippen LogP contribution is -2.20. The number of nitrogens with zero attached hydrogens (tertiary/aromatic N) is 4. The van der Waals surface area contributed by atoms with Crippen LogP contribution in [0, 0.1) is 6.92 Å². The van der Waals surface area contributed by atoms with Gasteiger partial charge >= 0.3 is 0 Å². The molecule has 0 aliphatic carbocycles. The Hall–Kier alpha value is -4.34. The molecular weight excluding hydrogens is 422 g/mol. The highest BCUT2D eigenvalue weighted by Crippen LogP contribution is 2.34. The number of methoxy groups -OCH3 is 1. The van der Waals surface area contributed by atoms with Gasteiger partial charge in [-0.1, -0.05) is 29.4 Å². The van der Waals surface area contributed by atoms with E-state index in [1.165, 1.54) is 4.68 Å².